The number of hydrogen-bond acceptors (Lipinski definition) is 5. The summed E-state index contributed by atoms with van der Waals surface area (Å²) in [7, 11) is 1.61. The minimum Gasteiger partial charge on any atom is -0.495 e. The first kappa shape index (κ1) is 16.0. The number of nitrogens with zero attached hydrogens (tertiary/aromatic N) is 4. The summed E-state index contributed by atoms with van der Waals surface area (Å²) < 4.78 is 20.6. The van der Waals surface area contributed by atoms with Crippen molar-refractivity contribution in [1.29, 1.82) is 0 Å². The maximum atomic E-state index is 13.6. The van der Waals surface area contributed by atoms with E-state index in [1.807, 2.05) is 31.2 Å². The number of benzene rings is 2. The highest BCUT2D eigenvalue weighted by atomic mass is 19.1. The van der Waals surface area contributed by atoms with Crippen LogP contribution in [-0.2, 0) is 0 Å². The Morgan fingerprint density at radius 1 is 1.08 bits per heavy atom. The van der Waals surface area contributed by atoms with Crippen molar-refractivity contribution >= 4 is 22.5 Å². The van der Waals surface area contributed by atoms with E-state index in [0.29, 0.717) is 22.9 Å². The first-order valence-corrected chi connectivity index (χ1v) is 8.03. The molecule has 0 saturated heterocycles. The van der Waals surface area contributed by atoms with Crippen LogP contribution in [0.1, 0.15) is 5.69 Å². The van der Waals surface area contributed by atoms with Crippen LogP contribution in [0.2, 0.25) is 0 Å². The quantitative estimate of drug-likeness (QED) is 0.603. The lowest BCUT2D eigenvalue weighted by molar-refractivity contribution is 0.417. The Morgan fingerprint density at radius 3 is 2.73 bits per heavy atom. The molecule has 0 aliphatic heterocycles. The predicted octanol–water partition coefficient (Wildman–Crippen LogP) is 4.02. The van der Waals surface area contributed by atoms with Crippen molar-refractivity contribution in [2.75, 3.05) is 12.4 Å². The summed E-state index contributed by atoms with van der Waals surface area (Å²) in [4.78, 5) is 8.71. The van der Waals surface area contributed by atoms with E-state index >= 15 is 0 Å². The largest absolute Gasteiger partial charge is 0.495 e. The van der Waals surface area contributed by atoms with Crippen LogP contribution in [-0.4, -0.2) is 26.9 Å². The van der Waals surface area contributed by atoms with Crippen molar-refractivity contribution in [3.8, 4) is 11.4 Å². The first-order valence-electron chi connectivity index (χ1n) is 8.03. The van der Waals surface area contributed by atoms with Crippen molar-refractivity contribution in [1.82, 2.24) is 19.7 Å². The maximum absolute atomic E-state index is 13.6. The van der Waals surface area contributed by atoms with Crippen molar-refractivity contribution < 1.29 is 9.13 Å². The SMILES string of the molecule is COc1ccccc1Nc1ncnc2c1c(C)nn2-c1cccc(F)c1. The number of nitrogens with one attached hydrogen (secondary N) is 1. The zero-order valence-corrected chi connectivity index (χ0v) is 14.3. The van der Waals surface area contributed by atoms with Crippen molar-refractivity contribution in [2.45, 2.75) is 6.92 Å². The number of aromatic nitrogens is 4. The summed E-state index contributed by atoms with van der Waals surface area (Å²) in [6, 6.07) is 13.8. The number of halogens is 1. The van der Waals surface area contributed by atoms with Gasteiger partial charge in [-0.05, 0) is 37.3 Å². The average molecular weight is 349 g/mol. The Kier molecular flexibility index (Phi) is 3.96. The van der Waals surface area contributed by atoms with Gasteiger partial charge in [-0.1, -0.05) is 18.2 Å². The molecule has 4 rings (SSSR count). The topological polar surface area (TPSA) is 64.9 Å². The van der Waals surface area contributed by atoms with Gasteiger partial charge in [0.15, 0.2) is 5.65 Å². The van der Waals surface area contributed by atoms with Crippen LogP contribution in [0.15, 0.2) is 54.9 Å². The molecule has 0 amide bonds. The Bertz CT molecular complexity index is 1090. The second-order valence-electron chi connectivity index (χ2n) is 5.72. The number of rotatable bonds is 4. The number of anilines is 2. The van der Waals surface area contributed by atoms with E-state index in [0.717, 1.165) is 16.8 Å². The molecule has 130 valence electrons. The van der Waals surface area contributed by atoms with Crippen molar-refractivity contribution in [2.24, 2.45) is 0 Å². The minimum atomic E-state index is -0.328. The number of fused-ring (bicyclic) bond motifs is 1. The lowest BCUT2D eigenvalue weighted by Gasteiger charge is -2.11. The van der Waals surface area contributed by atoms with Gasteiger partial charge in [-0.15, -0.1) is 0 Å². The molecular weight excluding hydrogens is 333 g/mol. The third-order valence-electron chi connectivity index (χ3n) is 4.05. The standard InChI is InChI=1S/C19H16FN5O/c1-12-17-18(23-15-8-3-4-9-16(15)26-2)21-11-22-19(17)25(24-12)14-7-5-6-13(20)10-14/h3-11H,1-2H3,(H,21,22,23). The zero-order chi connectivity index (χ0) is 18.1. The number of aryl methyl sites for hydroxylation is 1. The molecule has 0 fully saturated rings. The predicted molar refractivity (Wildman–Crippen MR) is 97.6 cm³/mol. The highest BCUT2D eigenvalue weighted by Crippen LogP contribution is 2.31. The monoisotopic (exact) mass is 349 g/mol. The molecule has 2 aromatic carbocycles. The van der Waals surface area contributed by atoms with Gasteiger partial charge in [0.1, 0.15) is 23.7 Å². The van der Waals surface area contributed by atoms with Crippen LogP contribution >= 0.6 is 0 Å². The third kappa shape index (κ3) is 2.73. The van der Waals surface area contributed by atoms with Gasteiger partial charge in [-0.2, -0.15) is 5.10 Å². The van der Waals surface area contributed by atoms with Crippen LogP contribution in [0.3, 0.4) is 0 Å². The molecule has 4 aromatic rings. The molecular formula is C19H16FN5O. The van der Waals surface area contributed by atoms with E-state index in [1.165, 1.54) is 18.5 Å². The first-order chi connectivity index (χ1) is 12.7. The van der Waals surface area contributed by atoms with E-state index in [2.05, 4.69) is 20.4 Å². The third-order valence-corrected chi connectivity index (χ3v) is 4.05. The van der Waals surface area contributed by atoms with E-state index in [-0.39, 0.29) is 5.82 Å². The second-order valence-corrected chi connectivity index (χ2v) is 5.72. The summed E-state index contributed by atoms with van der Waals surface area (Å²) in [6.07, 6.45) is 1.46. The lowest BCUT2D eigenvalue weighted by Crippen LogP contribution is -2.00. The molecule has 0 atom stereocenters. The maximum Gasteiger partial charge on any atom is 0.168 e. The van der Waals surface area contributed by atoms with E-state index < -0.39 is 0 Å². The normalized spacial score (nSPS) is 10.9. The summed E-state index contributed by atoms with van der Waals surface area (Å²) in [5.74, 6) is 0.985. The molecule has 0 saturated carbocycles. The summed E-state index contributed by atoms with van der Waals surface area (Å²) in [5.41, 5.74) is 2.72. The fourth-order valence-electron chi connectivity index (χ4n) is 2.88. The van der Waals surface area contributed by atoms with E-state index in [9.17, 15) is 4.39 Å². The molecule has 0 aliphatic carbocycles. The van der Waals surface area contributed by atoms with Crippen molar-refractivity contribution in [3.05, 3.63) is 66.4 Å². The Morgan fingerprint density at radius 2 is 1.92 bits per heavy atom. The summed E-state index contributed by atoms with van der Waals surface area (Å²) >= 11 is 0. The molecule has 2 aromatic heterocycles. The number of ether oxygens (including phenoxy) is 1. The molecule has 0 bridgehead atoms. The van der Waals surface area contributed by atoms with Gasteiger partial charge in [0.25, 0.3) is 0 Å². The molecule has 0 spiro atoms. The Labute approximate surface area is 149 Å². The molecule has 26 heavy (non-hydrogen) atoms. The van der Waals surface area contributed by atoms with E-state index in [4.69, 9.17) is 4.74 Å². The van der Waals surface area contributed by atoms with Gasteiger partial charge >= 0.3 is 0 Å². The molecule has 6 nitrogen and oxygen atoms in total. The van der Waals surface area contributed by atoms with Gasteiger partial charge in [0.2, 0.25) is 0 Å². The van der Waals surface area contributed by atoms with Crippen LogP contribution < -0.4 is 10.1 Å². The Hall–Kier alpha value is -3.48. The number of methoxy groups -OCH3 is 1. The van der Waals surface area contributed by atoms with E-state index in [1.54, 1.807) is 23.9 Å². The summed E-state index contributed by atoms with van der Waals surface area (Å²) in [5, 5.41) is 8.57. The number of hydrogen-bond donors (Lipinski definition) is 1. The summed E-state index contributed by atoms with van der Waals surface area (Å²) in [6.45, 7) is 1.87. The fourth-order valence-corrected chi connectivity index (χ4v) is 2.88. The average Bonchev–Trinajstić information content (AvgIpc) is 3.00. The van der Waals surface area contributed by atoms with Crippen LogP contribution in [0.25, 0.3) is 16.7 Å². The lowest BCUT2D eigenvalue weighted by atomic mass is 10.2. The highest BCUT2D eigenvalue weighted by Gasteiger charge is 2.16. The zero-order valence-electron chi connectivity index (χ0n) is 14.3. The molecule has 0 aliphatic rings. The van der Waals surface area contributed by atoms with Crippen LogP contribution in [0.4, 0.5) is 15.9 Å². The van der Waals surface area contributed by atoms with Gasteiger partial charge in [-0.25, -0.2) is 19.0 Å². The van der Waals surface area contributed by atoms with Crippen LogP contribution in [0.5, 0.6) is 5.75 Å². The van der Waals surface area contributed by atoms with Gasteiger partial charge in [-0.3, -0.25) is 0 Å². The Balaban J connectivity index is 1.85. The van der Waals surface area contributed by atoms with Gasteiger partial charge in [0, 0.05) is 0 Å². The fraction of sp³-hybridized carbons (Fsp3) is 0.105. The molecule has 7 heteroatoms. The molecule has 2 heterocycles. The minimum absolute atomic E-state index is 0.328. The van der Waals surface area contributed by atoms with Crippen LogP contribution in [0, 0.1) is 12.7 Å². The van der Waals surface area contributed by atoms with Crippen molar-refractivity contribution in [3.63, 3.8) is 0 Å². The molecule has 1 N–H and O–H groups in total. The molecule has 0 unspecified atom stereocenters. The van der Waals surface area contributed by atoms with Gasteiger partial charge in [0.05, 0.1) is 29.6 Å². The van der Waals surface area contributed by atoms with Gasteiger partial charge < -0.3 is 10.1 Å². The smallest absolute Gasteiger partial charge is 0.168 e. The second kappa shape index (κ2) is 6.44. The number of para-hydroxylation sites is 2. The molecule has 0 radical (unpaired) electrons. The highest BCUT2D eigenvalue weighted by molar-refractivity contribution is 5.92.